The minimum Gasteiger partial charge on any atom is -0.479 e. The highest BCUT2D eigenvalue weighted by Crippen LogP contribution is 2.41. The number of likely N-dealkylation sites (N-methyl/N-ethyl adjacent to an activating group) is 1. The van der Waals surface area contributed by atoms with Gasteiger partial charge in [0, 0.05) is 32.3 Å². The zero-order valence-corrected chi connectivity index (χ0v) is 19.3. The summed E-state index contributed by atoms with van der Waals surface area (Å²) in [5.41, 5.74) is 3.13. The highest BCUT2D eigenvalue weighted by Gasteiger charge is 2.35. The average Bonchev–Trinajstić information content (AvgIpc) is 3.20. The lowest BCUT2D eigenvalue weighted by molar-refractivity contribution is -0.00874. The largest absolute Gasteiger partial charge is 0.479 e. The second-order valence-corrected chi connectivity index (χ2v) is 10.2. The van der Waals surface area contributed by atoms with Gasteiger partial charge in [-0.1, -0.05) is 25.0 Å². The van der Waals surface area contributed by atoms with Crippen LogP contribution in [0.1, 0.15) is 42.5 Å². The van der Waals surface area contributed by atoms with Crippen LogP contribution in [0.25, 0.3) is 0 Å². The summed E-state index contributed by atoms with van der Waals surface area (Å²) in [5.74, 6) is 0.299. The maximum Gasteiger partial charge on any atom is 0.262 e. The summed E-state index contributed by atoms with van der Waals surface area (Å²) in [7, 11) is 1.54. The Labute approximate surface area is 184 Å². The zero-order valence-electron chi connectivity index (χ0n) is 18.5. The lowest BCUT2D eigenvalue weighted by atomic mass is 9.92. The molecule has 168 valence electrons. The molecule has 8 heteroatoms. The van der Waals surface area contributed by atoms with E-state index in [-0.39, 0.29) is 10.5 Å². The third-order valence-corrected chi connectivity index (χ3v) is 7.96. The van der Waals surface area contributed by atoms with Crippen molar-refractivity contribution in [3.05, 3.63) is 47.2 Å². The molecule has 1 aromatic carbocycles. The van der Waals surface area contributed by atoms with E-state index in [4.69, 9.17) is 9.47 Å². The molecule has 0 radical (unpaired) electrons. The summed E-state index contributed by atoms with van der Waals surface area (Å²) < 4.78 is 40.1. The Bertz CT molecular complexity index is 1030. The van der Waals surface area contributed by atoms with Gasteiger partial charge < -0.3 is 14.4 Å². The zero-order chi connectivity index (χ0) is 22.1. The fourth-order valence-electron chi connectivity index (χ4n) is 4.65. The lowest BCUT2D eigenvalue weighted by Gasteiger charge is -2.28. The fourth-order valence-corrected chi connectivity index (χ4v) is 5.70. The van der Waals surface area contributed by atoms with Crippen molar-refractivity contribution in [2.24, 2.45) is 0 Å². The molecule has 1 aliphatic carbocycles. The van der Waals surface area contributed by atoms with Crippen molar-refractivity contribution in [1.29, 1.82) is 0 Å². The molecule has 1 N–H and O–H groups in total. The highest BCUT2D eigenvalue weighted by atomic mass is 32.2. The van der Waals surface area contributed by atoms with Gasteiger partial charge in [-0.3, -0.25) is 4.72 Å². The van der Waals surface area contributed by atoms with Crippen molar-refractivity contribution in [3.8, 4) is 5.88 Å². The molecule has 0 unspecified atom stereocenters. The van der Waals surface area contributed by atoms with Gasteiger partial charge >= 0.3 is 0 Å². The van der Waals surface area contributed by atoms with Crippen molar-refractivity contribution in [2.45, 2.75) is 49.0 Å². The van der Waals surface area contributed by atoms with Gasteiger partial charge in [0.2, 0.25) is 5.88 Å². The summed E-state index contributed by atoms with van der Waals surface area (Å²) >= 11 is 0. The van der Waals surface area contributed by atoms with Crippen molar-refractivity contribution in [1.82, 2.24) is 9.88 Å². The van der Waals surface area contributed by atoms with Crippen LogP contribution in [-0.4, -0.2) is 52.7 Å². The van der Waals surface area contributed by atoms with Crippen molar-refractivity contribution < 1.29 is 17.9 Å². The van der Waals surface area contributed by atoms with E-state index < -0.39 is 10.0 Å². The molecule has 0 saturated heterocycles. The minimum atomic E-state index is -3.78. The number of rotatable bonds is 6. The number of sulfonamides is 1. The molecule has 0 amide bonds. The monoisotopic (exact) mass is 445 g/mol. The normalized spacial score (nSPS) is 18.9. The van der Waals surface area contributed by atoms with Crippen LogP contribution in [0, 0.1) is 0 Å². The Balaban J connectivity index is 1.60. The summed E-state index contributed by atoms with van der Waals surface area (Å²) in [6, 6.07) is 8.90. The summed E-state index contributed by atoms with van der Waals surface area (Å²) in [5, 5.41) is 0. The Kier molecular flexibility index (Phi) is 6.23. The van der Waals surface area contributed by atoms with Gasteiger partial charge in [-0.2, -0.15) is 0 Å². The Morgan fingerprint density at radius 3 is 2.39 bits per heavy atom. The molecule has 1 saturated carbocycles. The topological polar surface area (TPSA) is 80.8 Å². The van der Waals surface area contributed by atoms with E-state index in [1.807, 2.05) is 18.2 Å². The first kappa shape index (κ1) is 22.0. The Morgan fingerprint density at radius 1 is 1.06 bits per heavy atom. The average molecular weight is 446 g/mol. The Morgan fingerprint density at radius 2 is 1.74 bits per heavy atom. The van der Waals surface area contributed by atoms with Crippen LogP contribution in [0.4, 0.5) is 5.69 Å². The molecular formula is C23H31N3O4S. The number of ether oxygens (including phenoxy) is 2. The van der Waals surface area contributed by atoms with E-state index in [0.717, 1.165) is 68.4 Å². The van der Waals surface area contributed by atoms with Gasteiger partial charge in [-0.05, 0) is 55.6 Å². The van der Waals surface area contributed by atoms with E-state index in [1.165, 1.54) is 7.11 Å². The molecule has 2 heterocycles. The molecule has 0 spiro atoms. The highest BCUT2D eigenvalue weighted by molar-refractivity contribution is 7.92. The van der Waals surface area contributed by atoms with Crippen LogP contribution < -0.4 is 9.46 Å². The van der Waals surface area contributed by atoms with Gasteiger partial charge in [-0.25, -0.2) is 13.4 Å². The quantitative estimate of drug-likeness (QED) is 0.735. The van der Waals surface area contributed by atoms with Gasteiger partial charge in [0.15, 0.2) is 0 Å². The first-order chi connectivity index (χ1) is 14.9. The maximum atomic E-state index is 13.1. The minimum absolute atomic E-state index is 0.206. The van der Waals surface area contributed by atoms with Gasteiger partial charge in [0.05, 0.1) is 17.6 Å². The molecule has 4 rings (SSSR count). The molecule has 1 fully saturated rings. The predicted molar refractivity (Wildman–Crippen MR) is 120 cm³/mol. The molecule has 31 heavy (non-hydrogen) atoms. The molecule has 7 nitrogen and oxygen atoms in total. The summed E-state index contributed by atoms with van der Waals surface area (Å²) in [6.07, 6.45) is 5.80. The molecule has 2 aliphatic rings. The molecule has 2 aromatic rings. The van der Waals surface area contributed by atoms with Crippen molar-refractivity contribution in [2.75, 3.05) is 39.1 Å². The number of hydrogen-bond donors (Lipinski definition) is 1. The maximum absolute atomic E-state index is 13.1. The number of fused-ring (bicyclic) bond motifs is 1. The molecule has 1 aliphatic heterocycles. The van der Waals surface area contributed by atoms with Crippen molar-refractivity contribution >= 4 is 15.7 Å². The van der Waals surface area contributed by atoms with Gasteiger partial charge in [0.25, 0.3) is 10.0 Å². The number of benzene rings is 1. The smallest absolute Gasteiger partial charge is 0.262 e. The summed E-state index contributed by atoms with van der Waals surface area (Å²) in [4.78, 5) is 7.05. The second kappa shape index (κ2) is 8.76. The first-order valence-electron chi connectivity index (χ1n) is 10.8. The van der Waals surface area contributed by atoms with Crippen molar-refractivity contribution in [3.63, 3.8) is 0 Å². The standard InChI is InChI=1S/C23H31N3O4S/c1-26-14-10-17-16-21(22(29-2)24-20(17)11-15-26)25-31(27,28)19-8-6-18(7-9-19)23(30-3)12-4-5-13-23/h6-9,16,25H,4-5,10-15H2,1-3H3. The third kappa shape index (κ3) is 4.42. The number of methoxy groups -OCH3 is 2. The molecule has 0 atom stereocenters. The van der Waals surface area contributed by atoms with E-state index in [1.54, 1.807) is 19.2 Å². The second-order valence-electron chi connectivity index (χ2n) is 8.49. The number of anilines is 1. The van der Waals surface area contributed by atoms with Crippen LogP contribution in [0.3, 0.4) is 0 Å². The SMILES string of the molecule is COc1nc2c(cc1NS(=O)(=O)c1ccc(C3(OC)CCCC3)cc1)CCN(C)CC2. The third-order valence-electron chi connectivity index (χ3n) is 6.58. The number of aromatic nitrogens is 1. The van der Waals surface area contributed by atoms with Crippen LogP contribution in [0.5, 0.6) is 5.88 Å². The number of hydrogen-bond acceptors (Lipinski definition) is 6. The molecule has 1 aromatic heterocycles. The lowest BCUT2D eigenvalue weighted by Crippen LogP contribution is -2.24. The van der Waals surface area contributed by atoms with Crippen LogP contribution in [-0.2, 0) is 33.2 Å². The van der Waals surface area contributed by atoms with Crippen LogP contribution in [0.15, 0.2) is 35.2 Å². The van der Waals surface area contributed by atoms with E-state index in [0.29, 0.717) is 11.6 Å². The van der Waals surface area contributed by atoms with E-state index in [9.17, 15) is 8.42 Å². The summed E-state index contributed by atoms with van der Waals surface area (Å²) in [6.45, 7) is 1.83. The number of nitrogens with one attached hydrogen (secondary N) is 1. The fraction of sp³-hybridized carbons (Fsp3) is 0.522. The number of pyridine rings is 1. The number of nitrogens with zero attached hydrogens (tertiary/aromatic N) is 2. The van der Waals surface area contributed by atoms with Crippen LogP contribution >= 0.6 is 0 Å². The van der Waals surface area contributed by atoms with Gasteiger partial charge in [0.1, 0.15) is 5.69 Å². The molecular weight excluding hydrogens is 414 g/mol. The molecule has 0 bridgehead atoms. The first-order valence-corrected chi connectivity index (χ1v) is 12.3. The Hall–Kier alpha value is -2.16. The van der Waals surface area contributed by atoms with E-state index >= 15 is 0 Å². The van der Waals surface area contributed by atoms with Crippen LogP contribution in [0.2, 0.25) is 0 Å². The van der Waals surface area contributed by atoms with E-state index in [2.05, 4.69) is 21.7 Å². The van der Waals surface area contributed by atoms with Gasteiger partial charge in [-0.15, -0.1) is 0 Å². The predicted octanol–water partition coefficient (Wildman–Crippen LogP) is 3.34.